The normalized spacial score (nSPS) is 14.3. The largest absolute Gasteiger partial charge is 0.334 e. The van der Waals surface area contributed by atoms with E-state index in [1.54, 1.807) is 25.2 Å². The standard InChI is InChI=1S/C18H21NO2/c1-14(15-9-5-3-6-10-15)18(21)19(2)13-17(20)16-11-7-4-8-12-16/h7,11-12H,3,5-6,9-10,13H2,1-2H3. The summed E-state index contributed by atoms with van der Waals surface area (Å²) in [4.78, 5) is 26.0. The molecular formula is C18H21NO2. The van der Waals surface area contributed by atoms with Crippen LogP contribution in [-0.2, 0) is 4.79 Å². The minimum Gasteiger partial charge on any atom is -0.334 e. The molecule has 1 aliphatic rings. The van der Waals surface area contributed by atoms with E-state index < -0.39 is 0 Å². The molecule has 0 aromatic heterocycles. The molecule has 21 heavy (non-hydrogen) atoms. The van der Waals surface area contributed by atoms with E-state index in [-0.39, 0.29) is 18.2 Å². The topological polar surface area (TPSA) is 37.4 Å². The number of hydrogen-bond acceptors (Lipinski definition) is 2. The van der Waals surface area contributed by atoms with Crippen LogP contribution in [0.5, 0.6) is 0 Å². The molecule has 0 N–H and O–H groups in total. The average molecular weight is 283 g/mol. The Kier molecular flexibility index (Phi) is 5.16. The maximum absolute atomic E-state index is 12.4. The number of amides is 1. The maximum atomic E-state index is 12.4. The van der Waals surface area contributed by atoms with Gasteiger partial charge in [0.1, 0.15) is 0 Å². The second-order valence-electron chi connectivity index (χ2n) is 5.60. The number of allylic oxidation sites excluding steroid dienone is 1. The summed E-state index contributed by atoms with van der Waals surface area (Å²) in [6, 6.07) is 10.5. The fourth-order valence-corrected chi connectivity index (χ4v) is 2.69. The fourth-order valence-electron chi connectivity index (χ4n) is 2.69. The zero-order chi connectivity index (χ0) is 15.2. The van der Waals surface area contributed by atoms with E-state index in [0.717, 1.165) is 18.4 Å². The van der Waals surface area contributed by atoms with Crippen LogP contribution < -0.4 is 0 Å². The van der Waals surface area contributed by atoms with Crippen molar-refractivity contribution in [3.63, 3.8) is 0 Å². The van der Waals surface area contributed by atoms with Crippen molar-refractivity contribution in [2.75, 3.05) is 13.6 Å². The highest BCUT2D eigenvalue weighted by atomic mass is 16.2. The van der Waals surface area contributed by atoms with Gasteiger partial charge in [0, 0.05) is 18.2 Å². The zero-order valence-electron chi connectivity index (χ0n) is 12.7. The SMILES string of the molecule is CC(C(=O)N(C)CC(=O)c1cc#ccc1)=C1CCCCC1. The van der Waals surface area contributed by atoms with E-state index in [0.29, 0.717) is 5.56 Å². The number of rotatable bonds is 4. The lowest BCUT2D eigenvalue weighted by Crippen LogP contribution is -2.33. The molecular weight excluding hydrogens is 262 g/mol. The number of nitrogens with zero attached hydrogens (tertiary/aromatic N) is 1. The molecule has 3 heteroatoms. The zero-order valence-corrected chi connectivity index (χ0v) is 12.7. The van der Waals surface area contributed by atoms with E-state index in [1.165, 1.54) is 29.7 Å². The lowest BCUT2D eigenvalue weighted by atomic mass is 9.91. The first-order valence-electron chi connectivity index (χ1n) is 7.44. The van der Waals surface area contributed by atoms with E-state index in [4.69, 9.17) is 0 Å². The molecule has 0 unspecified atom stereocenters. The number of Topliss-reactive ketones (excluding diaryl/α,β-unsaturated/α-hetero) is 1. The number of carbonyl (C=O) groups excluding carboxylic acids is 2. The first kappa shape index (κ1) is 15.3. The minimum absolute atomic E-state index is 0.0354. The maximum Gasteiger partial charge on any atom is 0.249 e. The number of ketones is 1. The summed E-state index contributed by atoms with van der Waals surface area (Å²) in [6.45, 7) is 1.98. The third-order valence-electron chi connectivity index (χ3n) is 4.01. The Morgan fingerprint density at radius 3 is 2.52 bits per heavy atom. The van der Waals surface area contributed by atoms with Crippen LogP contribution in [0.1, 0.15) is 49.4 Å². The molecule has 0 radical (unpaired) electrons. The predicted octanol–water partition coefficient (Wildman–Crippen LogP) is 3.21. The third-order valence-corrected chi connectivity index (χ3v) is 4.01. The lowest BCUT2D eigenvalue weighted by Gasteiger charge is -2.21. The predicted molar refractivity (Wildman–Crippen MR) is 81.9 cm³/mol. The number of likely N-dealkylation sites (N-methyl/N-ethyl adjacent to an activating group) is 1. The second-order valence-corrected chi connectivity index (χ2v) is 5.60. The highest BCUT2D eigenvalue weighted by molar-refractivity contribution is 6.01. The molecule has 0 atom stereocenters. The van der Waals surface area contributed by atoms with Gasteiger partial charge in [-0.15, -0.1) is 0 Å². The van der Waals surface area contributed by atoms with Crippen LogP contribution >= 0.6 is 0 Å². The molecule has 0 aliphatic heterocycles. The molecule has 0 saturated heterocycles. The molecule has 3 nitrogen and oxygen atoms in total. The lowest BCUT2D eigenvalue weighted by molar-refractivity contribution is -0.125. The minimum atomic E-state index is -0.0717. The van der Waals surface area contributed by atoms with Gasteiger partial charge in [-0.05, 0) is 50.8 Å². The van der Waals surface area contributed by atoms with Crippen molar-refractivity contribution in [3.8, 4) is 0 Å². The van der Waals surface area contributed by atoms with Gasteiger partial charge in [-0.3, -0.25) is 9.59 Å². The van der Waals surface area contributed by atoms with Crippen molar-refractivity contribution in [1.29, 1.82) is 0 Å². The molecule has 0 spiro atoms. The number of carbonyl (C=O) groups is 2. The van der Waals surface area contributed by atoms with Crippen molar-refractivity contribution >= 4 is 11.7 Å². The van der Waals surface area contributed by atoms with Crippen LogP contribution in [0.15, 0.2) is 29.3 Å². The molecule has 1 fully saturated rings. The van der Waals surface area contributed by atoms with Gasteiger partial charge in [-0.2, -0.15) is 0 Å². The fraction of sp³-hybridized carbons (Fsp3) is 0.444. The van der Waals surface area contributed by atoms with Crippen LogP contribution in [0.2, 0.25) is 0 Å². The summed E-state index contributed by atoms with van der Waals surface area (Å²) in [6.07, 6.45) is 5.62. The Labute approximate surface area is 126 Å². The quantitative estimate of drug-likeness (QED) is 0.628. The first-order valence-corrected chi connectivity index (χ1v) is 7.44. The molecule has 110 valence electrons. The Hall–Kier alpha value is -2.08. The van der Waals surface area contributed by atoms with Gasteiger partial charge in [0.05, 0.1) is 6.54 Å². The van der Waals surface area contributed by atoms with Crippen molar-refractivity contribution in [1.82, 2.24) is 4.90 Å². The first-order chi connectivity index (χ1) is 10.1. The molecule has 0 heterocycles. The molecule has 1 aromatic rings. The van der Waals surface area contributed by atoms with Gasteiger partial charge in [0.25, 0.3) is 0 Å². The monoisotopic (exact) mass is 283 g/mol. The smallest absolute Gasteiger partial charge is 0.249 e. The summed E-state index contributed by atoms with van der Waals surface area (Å²) in [5.41, 5.74) is 2.64. The summed E-state index contributed by atoms with van der Waals surface area (Å²) < 4.78 is 0. The molecule has 0 bridgehead atoms. The van der Waals surface area contributed by atoms with E-state index >= 15 is 0 Å². The summed E-state index contributed by atoms with van der Waals surface area (Å²) in [7, 11) is 1.69. The van der Waals surface area contributed by atoms with Crippen LogP contribution in [0, 0.1) is 12.1 Å². The van der Waals surface area contributed by atoms with Gasteiger partial charge in [0.15, 0.2) is 5.78 Å². The highest BCUT2D eigenvalue weighted by Gasteiger charge is 2.19. The van der Waals surface area contributed by atoms with Crippen molar-refractivity contribution in [2.24, 2.45) is 0 Å². The summed E-state index contributed by atoms with van der Waals surface area (Å²) >= 11 is 0. The van der Waals surface area contributed by atoms with Crippen molar-refractivity contribution < 1.29 is 9.59 Å². The summed E-state index contributed by atoms with van der Waals surface area (Å²) in [5, 5.41) is 0. The van der Waals surface area contributed by atoms with E-state index in [9.17, 15) is 9.59 Å². The van der Waals surface area contributed by atoms with Crippen molar-refractivity contribution in [3.05, 3.63) is 47.0 Å². The van der Waals surface area contributed by atoms with Crippen LogP contribution in [0.4, 0.5) is 0 Å². The Balaban J connectivity index is 2.01. The second kappa shape index (κ2) is 7.08. The highest BCUT2D eigenvalue weighted by Crippen LogP contribution is 2.26. The molecule has 2 rings (SSSR count). The van der Waals surface area contributed by atoms with E-state index in [1.807, 2.05) is 6.92 Å². The van der Waals surface area contributed by atoms with Crippen LogP contribution in [-0.4, -0.2) is 30.2 Å². The Morgan fingerprint density at radius 1 is 1.19 bits per heavy atom. The van der Waals surface area contributed by atoms with Crippen molar-refractivity contribution in [2.45, 2.75) is 39.0 Å². The summed E-state index contributed by atoms with van der Waals surface area (Å²) in [5.74, 6) is -0.107. The van der Waals surface area contributed by atoms with E-state index in [2.05, 4.69) is 12.1 Å². The number of hydrogen-bond donors (Lipinski definition) is 0. The third kappa shape index (κ3) is 3.95. The Bertz CT molecular complexity index is 538. The molecule has 1 aliphatic carbocycles. The molecule has 1 saturated carbocycles. The van der Waals surface area contributed by atoms with Crippen LogP contribution in [0.3, 0.4) is 0 Å². The van der Waals surface area contributed by atoms with Gasteiger partial charge in [-0.25, -0.2) is 0 Å². The van der Waals surface area contributed by atoms with Gasteiger partial charge in [0.2, 0.25) is 5.91 Å². The average Bonchev–Trinajstić information content (AvgIpc) is 2.55. The van der Waals surface area contributed by atoms with Gasteiger partial charge in [-0.1, -0.05) is 24.1 Å². The van der Waals surface area contributed by atoms with Gasteiger partial charge < -0.3 is 4.90 Å². The van der Waals surface area contributed by atoms with Crippen LogP contribution in [0.25, 0.3) is 0 Å². The molecule has 1 amide bonds. The van der Waals surface area contributed by atoms with Gasteiger partial charge >= 0.3 is 0 Å². The molecule has 1 aromatic carbocycles. The Morgan fingerprint density at radius 2 is 1.90 bits per heavy atom.